The minimum atomic E-state index is -0.501. The zero-order chi connectivity index (χ0) is 18.1. The van der Waals surface area contributed by atoms with E-state index < -0.39 is 5.97 Å². The van der Waals surface area contributed by atoms with E-state index in [-0.39, 0.29) is 23.9 Å². The highest BCUT2D eigenvalue weighted by Crippen LogP contribution is 2.27. The van der Waals surface area contributed by atoms with E-state index in [1.165, 1.54) is 13.0 Å². The average Bonchev–Trinajstić information content (AvgIpc) is 3.10. The summed E-state index contributed by atoms with van der Waals surface area (Å²) in [6, 6.07) is 4.82. The third kappa shape index (κ3) is 2.95. The van der Waals surface area contributed by atoms with Crippen molar-refractivity contribution in [2.45, 2.75) is 27.2 Å². The highest BCUT2D eigenvalue weighted by molar-refractivity contribution is 6.01. The van der Waals surface area contributed by atoms with Gasteiger partial charge in [0, 0.05) is 34.8 Å². The van der Waals surface area contributed by atoms with Crippen molar-refractivity contribution in [1.29, 1.82) is 0 Å². The summed E-state index contributed by atoms with van der Waals surface area (Å²) in [6.07, 6.45) is 2.02. The highest BCUT2D eigenvalue weighted by Gasteiger charge is 2.23. The van der Waals surface area contributed by atoms with Gasteiger partial charge in [-0.2, -0.15) is 0 Å². The Morgan fingerprint density at radius 1 is 1.28 bits per heavy atom. The molecule has 0 aliphatic heterocycles. The number of fused-ring (bicyclic) bond motifs is 1. The van der Waals surface area contributed by atoms with Gasteiger partial charge in [0.15, 0.2) is 5.78 Å². The molecule has 2 N–H and O–H groups in total. The molecule has 0 amide bonds. The van der Waals surface area contributed by atoms with Gasteiger partial charge in [-0.1, -0.05) is 6.07 Å². The Labute approximate surface area is 144 Å². The van der Waals surface area contributed by atoms with E-state index in [1.54, 1.807) is 32.2 Å². The Morgan fingerprint density at radius 2 is 2.04 bits per heavy atom. The molecule has 0 saturated carbocycles. The third-order valence-electron chi connectivity index (χ3n) is 4.26. The first-order chi connectivity index (χ1) is 11.9. The lowest BCUT2D eigenvalue weighted by Crippen LogP contribution is -2.07. The number of nitrogens with one attached hydrogen (secondary N) is 2. The van der Waals surface area contributed by atoms with Crippen molar-refractivity contribution < 1.29 is 18.7 Å². The number of carbonyl (C=O) groups excluding carboxylic acids is 2. The summed E-state index contributed by atoms with van der Waals surface area (Å²) in [4.78, 5) is 30.2. The monoisotopic (exact) mass is 342 g/mol. The lowest BCUT2D eigenvalue weighted by atomic mass is 10.0. The Kier molecular flexibility index (Phi) is 4.44. The predicted molar refractivity (Wildman–Crippen MR) is 92.6 cm³/mol. The molecule has 3 rings (SSSR count). The van der Waals surface area contributed by atoms with Gasteiger partial charge in [0.25, 0.3) is 0 Å². The molecule has 2 heterocycles. The first-order valence-electron chi connectivity index (χ1n) is 8.08. The van der Waals surface area contributed by atoms with Crippen LogP contribution in [-0.4, -0.2) is 28.3 Å². The number of ether oxygens (including phenoxy) is 1. The molecule has 130 valence electrons. The lowest BCUT2D eigenvalue weighted by molar-refractivity contribution is 0.0519. The Balaban J connectivity index is 2.08. The number of H-pyrrole nitrogens is 2. The van der Waals surface area contributed by atoms with E-state index >= 15 is 0 Å². The van der Waals surface area contributed by atoms with Gasteiger partial charge in [0.05, 0.1) is 6.61 Å². The van der Waals surface area contributed by atoms with Crippen molar-refractivity contribution in [3.63, 3.8) is 0 Å². The Morgan fingerprint density at radius 3 is 2.72 bits per heavy atom. The van der Waals surface area contributed by atoms with Crippen LogP contribution in [0.3, 0.4) is 0 Å². The zero-order valence-corrected chi connectivity index (χ0v) is 14.3. The van der Waals surface area contributed by atoms with Crippen LogP contribution in [0.1, 0.15) is 51.5 Å². The van der Waals surface area contributed by atoms with Gasteiger partial charge in [0.2, 0.25) is 0 Å². The zero-order valence-electron chi connectivity index (χ0n) is 14.3. The molecule has 6 heteroatoms. The maximum absolute atomic E-state index is 14.2. The fourth-order valence-electron chi connectivity index (χ4n) is 3.21. The minimum absolute atomic E-state index is 0.153. The quantitative estimate of drug-likeness (QED) is 0.545. The lowest BCUT2D eigenvalue weighted by Gasteiger charge is -2.02. The van der Waals surface area contributed by atoms with Gasteiger partial charge in [-0.05, 0) is 44.0 Å². The van der Waals surface area contributed by atoms with E-state index in [0.29, 0.717) is 39.7 Å². The molecular formula is C19H19FN2O3. The van der Waals surface area contributed by atoms with Crippen LogP contribution < -0.4 is 0 Å². The van der Waals surface area contributed by atoms with Crippen molar-refractivity contribution in [1.82, 2.24) is 9.97 Å². The first-order valence-corrected chi connectivity index (χ1v) is 8.08. The van der Waals surface area contributed by atoms with Crippen LogP contribution >= 0.6 is 0 Å². The van der Waals surface area contributed by atoms with Crippen molar-refractivity contribution >= 4 is 22.7 Å². The molecule has 0 spiro atoms. The molecule has 0 saturated heterocycles. The van der Waals surface area contributed by atoms with Crippen molar-refractivity contribution in [3.8, 4) is 0 Å². The van der Waals surface area contributed by atoms with Crippen molar-refractivity contribution in [2.24, 2.45) is 0 Å². The van der Waals surface area contributed by atoms with Crippen LogP contribution in [0.15, 0.2) is 24.4 Å². The smallest absolute Gasteiger partial charge is 0.355 e. The van der Waals surface area contributed by atoms with Crippen molar-refractivity contribution in [2.75, 3.05) is 6.61 Å². The number of aromatic amines is 2. The van der Waals surface area contributed by atoms with Crippen LogP contribution in [0, 0.1) is 12.7 Å². The summed E-state index contributed by atoms with van der Waals surface area (Å²) in [5.41, 5.74) is 3.26. The molecule has 0 bridgehead atoms. The van der Waals surface area contributed by atoms with Crippen molar-refractivity contribution in [3.05, 3.63) is 58.3 Å². The molecule has 0 unspecified atom stereocenters. The Hall–Kier alpha value is -2.89. The number of carbonyl (C=O) groups is 2. The molecular weight excluding hydrogens is 323 g/mol. The number of hydrogen-bond acceptors (Lipinski definition) is 3. The van der Waals surface area contributed by atoms with Crippen LogP contribution in [0.4, 0.5) is 4.39 Å². The summed E-state index contributed by atoms with van der Waals surface area (Å²) < 4.78 is 19.2. The summed E-state index contributed by atoms with van der Waals surface area (Å²) in [6.45, 7) is 5.12. The standard InChI is InChI=1S/C19H19FN2O3/c1-4-25-19(24)18-10(2)16(11(3)23)15(22-18)8-12-9-21-14-7-5-6-13(20)17(12)14/h5-7,9,21-22H,4,8H2,1-3H3. The second kappa shape index (κ2) is 6.55. The predicted octanol–water partition coefficient (Wildman–Crippen LogP) is 3.91. The van der Waals surface area contributed by atoms with E-state index in [2.05, 4.69) is 9.97 Å². The van der Waals surface area contributed by atoms with E-state index in [1.807, 2.05) is 0 Å². The fourth-order valence-corrected chi connectivity index (χ4v) is 3.21. The highest BCUT2D eigenvalue weighted by atomic mass is 19.1. The number of halogens is 1. The van der Waals surface area contributed by atoms with Gasteiger partial charge in [-0.25, -0.2) is 9.18 Å². The van der Waals surface area contributed by atoms with E-state index in [0.717, 1.165) is 0 Å². The van der Waals surface area contributed by atoms with E-state index in [9.17, 15) is 14.0 Å². The van der Waals surface area contributed by atoms with Gasteiger partial charge in [-0.15, -0.1) is 0 Å². The number of benzene rings is 1. The molecule has 0 aliphatic rings. The normalized spacial score (nSPS) is 11.0. The number of esters is 1. The molecule has 0 radical (unpaired) electrons. The molecule has 3 aromatic rings. The molecule has 0 fully saturated rings. The fraction of sp³-hybridized carbons (Fsp3) is 0.263. The molecule has 5 nitrogen and oxygen atoms in total. The number of aromatic nitrogens is 2. The summed E-state index contributed by atoms with van der Waals surface area (Å²) >= 11 is 0. The first kappa shape index (κ1) is 17.0. The van der Waals surface area contributed by atoms with Crippen LogP contribution in [0.25, 0.3) is 10.9 Å². The summed E-state index contributed by atoms with van der Waals surface area (Å²) in [5.74, 6) is -0.981. The van der Waals surface area contributed by atoms with E-state index in [4.69, 9.17) is 4.74 Å². The number of ketones is 1. The topological polar surface area (TPSA) is 75.0 Å². The Bertz CT molecular complexity index is 969. The van der Waals surface area contributed by atoms with Gasteiger partial charge < -0.3 is 14.7 Å². The molecule has 0 atom stereocenters. The largest absolute Gasteiger partial charge is 0.461 e. The summed E-state index contributed by atoms with van der Waals surface area (Å²) in [5, 5.41) is 0.488. The number of rotatable bonds is 5. The maximum Gasteiger partial charge on any atom is 0.355 e. The number of Topliss-reactive ketones (excluding diaryl/α,β-unsaturated/α-hetero) is 1. The number of hydrogen-bond donors (Lipinski definition) is 2. The van der Waals surface area contributed by atoms with Crippen LogP contribution in [0.5, 0.6) is 0 Å². The molecule has 2 aromatic heterocycles. The van der Waals surface area contributed by atoms with Crippen LogP contribution in [0.2, 0.25) is 0 Å². The SMILES string of the molecule is CCOC(=O)c1[nH]c(Cc2c[nH]c3cccc(F)c23)c(C(C)=O)c1C. The maximum atomic E-state index is 14.2. The summed E-state index contributed by atoms with van der Waals surface area (Å²) in [7, 11) is 0. The third-order valence-corrected chi connectivity index (χ3v) is 4.26. The molecule has 1 aromatic carbocycles. The second-order valence-electron chi connectivity index (χ2n) is 5.91. The minimum Gasteiger partial charge on any atom is -0.461 e. The average molecular weight is 342 g/mol. The molecule has 0 aliphatic carbocycles. The second-order valence-corrected chi connectivity index (χ2v) is 5.91. The van der Waals surface area contributed by atoms with Gasteiger partial charge in [-0.3, -0.25) is 4.79 Å². The van der Waals surface area contributed by atoms with Gasteiger partial charge in [0.1, 0.15) is 11.5 Å². The molecule has 25 heavy (non-hydrogen) atoms. The van der Waals surface area contributed by atoms with Gasteiger partial charge >= 0.3 is 5.97 Å². The van der Waals surface area contributed by atoms with Crippen LogP contribution in [-0.2, 0) is 11.2 Å².